The second kappa shape index (κ2) is 2.89. The second-order valence-electron chi connectivity index (χ2n) is 2.62. The van der Waals surface area contributed by atoms with Gasteiger partial charge in [0, 0.05) is 5.69 Å². The predicted octanol–water partition coefficient (Wildman–Crippen LogP) is 0.0692. The molecular weight excluding hydrogens is 153 g/mol. The summed E-state index contributed by atoms with van der Waals surface area (Å²) in [5.74, 6) is -1.05. The molecule has 3 nitrogen and oxygen atoms in total. The van der Waals surface area contributed by atoms with E-state index >= 15 is 0 Å². The molecule has 1 rings (SSSR count). The molecule has 0 saturated heterocycles. The molecule has 1 aromatic rings. The lowest BCUT2D eigenvalue weighted by Gasteiger charge is -2.05. The molecule has 0 saturated carbocycles. The molecule has 0 heterocycles. The zero-order chi connectivity index (χ0) is 9.30. The number of anilines is 1. The minimum atomic E-state index is -1.05. The largest absolute Gasteiger partial charge is 0.478 e. The minimum absolute atomic E-state index is 0.0625. The van der Waals surface area contributed by atoms with Crippen molar-refractivity contribution in [3.05, 3.63) is 23.3 Å². The van der Waals surface area contributed by atoms with E-state index in [9.17, 15) is 4.79 Å². The second-order valence-corrected chi connectivity index (χ2v) is 2.62. The monoisotopic (exact) mass is 161 g/mol. The van der Waals surface area contributed by atoms with Crippen LogP contribution < -0.4 is 11.2 Å². The first-order valence-electron chi connectivity index (χ1n) is 3.41. The van der Waals surface area contributed by atoms with Crippen molar-refractivity contribution >= 4 is 25.0 Å². The lowest BCUT2D eigenvalue weighted by atomic mass is 9.90. The predicted molar refractivity (Wildman–Crippen MR) is 47.9 cm³/mol. The van der Waals surface area contributed by atoms with Crippen molar-refractivity contribution in [2.45, 2.75) is 6.92 Å². The maximum absolute atomic E-state index is 10.6. The first kappa shape index (κ1) is 8.65. The highest BCUT2D eigenvalue weighted by molar-refractivity contribution is 6.36. The molecule has 0 amide bonds. The van der Waals surface area contributed by atoms with E-state index in [2.05, 4.69) is 0 Å². The Morgan fingerprint density at radius 2 is 2.17 bits per heavy atom. The number of hydrogen-bond donors (Lipinski definition) is 2. The normalized spacial score (nSPS) is 9.75. The van der Waals surface area contributed by atoms with Crippen LogP contribution in [0, 0.1) is 6.92 Å². The van der Waals surface area contributed by atoms with Crippen LogP contribution in [-0.4, -0.2) is 18.9 Å². The molecule has 4 heteroatoms. The van der Waals surface area contributed by atoms with Crippen LogP contribution in [0.2, 0.25) is 0 Å². The van der Waals surface area contributed by atoms with Crippen molar-refractivity contribution in [3.8, 4) is 0 Å². The summed E-state index contributed by atoms with van der Waals surface area (Å²) in [6.07, 6.45) is 0. The SMILES string of the molecule is [B]c1cc(C)cc(C(=O)O)c1N. The molecule has 1 aromatic carbocycles. The molecular formula is C8H8BNO2. The number of benzene rings is 1. The highest BCUT2D eigenvalue weighted by Gasteiger charge is 2.09. The van der Waals surface area contributed by atoms with Crippen LogP contribution in [0.3, 0.4) is 0 Å². The van der Waals surface area contributed by atoms with E-state index in [-0.39, 0.29) is 11.3 Å². The van der Waals surface area contributed by atoms with Crippen LogP contribution in [0.1, 0.15) is 15.9 Å². The van der Waals surface area contributed by atoms with Crippen LogP contribution >= 0.6 is 0 Å². The van der Waals surface area contributed by atoms with Gasteiger partial charge >= 0.3 is 5.97 Å². The molecule has 0 aromatic heterocycles. The summed E-state index contributed by atoms with van der Waals surface area (Å²) in [5.41, 5.74) is 6.74. The average Bonchev–Trinajstić information content (AvgIpc) is 1.96. The highest BCUT2D eigenvalue weighted by atomic mass is 16.4. The Hall–Kier alpha value is -1.45. The number of aromatic carboxylic acids is 1. The molecule has 2 radical (unpaired) electrons. The fourth-order valence-corrected chi connectivity index (χ4v) is 1.00. The molecule has 0 aliphatic heterocycles. The van der Waals surface area contributed by atoms with Gasteiger partial charge in [-0.2, -0.15) is 0 Å². The van der Waals surface area contributed by atoms with Crippen molar-refractivity contribution in [1.29, 1.82) is 0 Å². The number of rotatable bonds is 1. The molecule has 0 aliphatic carbocycles. The van der Waals surface area contributed by atoms with E-state index in [0.717, 1.165) is 5.56 Å². The number of nitrogens with two attached hydrogens (primary N) is 1. The van der Waals surface area contributed by atoms with Crippen molar-refractivity contribution in [2.24, 2.45) is 0 Å². The summed E-state index contributed by atoms with van der Waals surface area (Å²) < 4.78 is 0. The molecule has 0 atom stereocenters. The van der Waals surface area contributed by atoms with Gasteiger partial charge in [0.15, 0.2) is 0 Å². The Morgan fingerprint density at radius 1 is 1.58 bits per heavy atom. The number of carboxylic acid groups (broad SMARTS) is 1. The standard InChI is InChI=1S/C8H8BNO2/c1-4-2-5(8(11)12)7(10)6(9)3-4/h2-3H,10H2,1H3,(H,11,12). The number of carboxylic acids is 1. The quantitative estimate of drug-likeness (QED) is 0.452. The van der Waals surface area contributed by atoms with Gasteiger partial charge < -0.3 is 10.8 Å². The summed E-state index contributed by atoms with van der Waals surface area (Å²) in [4.78, 5) is 10.6. The van der Waals surface area contributed by atoms with Crippen LogP contribution in [-0.2, 0) is 0 Å². The van der Waals surface area contributed by atoms with Crippen LogP contribution in [0.15, 0.2) is 12.1 Å². The first-order valence-corrected chi connectivity index (χ1v) is 3.41. The number of aryl methyl sites for hydroxylation is 1. The molecule has 3 N–H and O–H groups in total. The third-order valence-corrected chi connectivity index (χ3v) is 1.59. The topological polar surface area (TPSA) is 63.3 Å². The molecule has 0 bridgehead atoms. The van der Waals surface area contributed by atoms with Crippen LogP contribution in [0.25, 0.3) is 0 Å². The van der Waals surface area contributed by atoms with Gasteiger partial charge in [-0.15, -0.1) is 0 Å². The first-order chi connectivity index (χ1) is 5.52. The van der Waals surface area contributed by atoms with Gasteiger partial charge in [0.25, 0.3) is 0 Å². The van der Waals surface area contributed by atoms with Gasteiger partial charge in [-0.1, -0.05) is 17.1 Å². The van der Waals surface area contributed by atoms with E-state index < -0.39 is 5.97 Å². The van der Waals surface area contributed by atoms with Crippen LogP contribution in [0.5, 0.6) is 0 Å². The molecule has 12 heavy (non-hydrogen) atoms. The van der Waals surface area contributed by atoms with E-state index in [1.165, 1.54) is 6.07 Å². The molecule has 60 valence electrons. The van der Waals surface area contributed by atoms with Gasteiger partial charge in [-0.3, -0.25) is 0 Å². The van der Waals surface area contributed by atoms with E-state index in [1.54, 1.807) is 13.0 Å². The number of carbonyl (C=O) groups is 1. The Bertz CT molecular complexity index is 336. The summed E-state index contributed by atoms with van der Waals surface area (Å²) in [7, 11) is 5.47. The lowest BCUT2D eigenvalue weighted by molar-refractivity contribution is 0.0698. The van der Waals surface area contributed by atoms with Crippen molar-refractivity contribution in [2.75, 3.05) is 5.73 Å². The maximum atomic E-state index is 10.6. The lowest BCUT2D eigenvalue weighted by Crippen LogP contribution is -2.15. The summed E-state index contributed by atoms with van der Waals surface area (Å²) in [5, 5.41) is 8.68. The Balaban J connectivity index is 3.37. The van der Waals surface area contributed by atoms with E-state index in [1.807, 2.05) is 0 Å². The van der Waals surface area contributed by atoms with Gasteiger partial charge in [0.2, 0.25) is 0 Å². The van der Waals surface area contributed by atoms with Gasteiger partial charge in [-0.05, 0) is 13.0 Å². The Kier molecular flexibility index (Phi) is 2.08. The Morgan fingerprint density at radius 3 is 2.67 bits per heavy atom. The summed E-state index contributed by atoms with van der Waals surface area (Å²) >= 11 is 0. The third-order valence-electron chi connectivity index (χ3n) is 1.59. The summed E-state index contributed by atoms with van der Waals surface area (Å²) in [6, 6.07) is 3.13. The molecule has 0 fully saturated rings. The zero-order valence-corrected chi connectivity index (χ0v) is 6.66. The maximum Gasteiger partial charge on any atom is 0.337 e. The van der Waals surface area contributed by atoms with E-state index in [0.29, 0.717) is 5.46 Å². The van der Waals surface area contributed by atoms with Gasteiger partial charge in [0.05, 0.1) is 5.56 Å². The molecule has 0 unspecified atom stereocenters. The minimum Gasteiger partial charge on any atom is -0.478 e. The fourth-order valence-electron chi connectivity index (χ4n) is 1.00. The van der Waals surface area contributed by atoms with Crippen molar-refractivity contribution in [3.63, 3.8) is 0 Å². The zero-order valence-electron chi connectivity index (χ0n) is 6.66. The highest BCUT2D eigenvalue weighted by Crippen LogP contribution is 2.10. The third kappa shape index (κ3) is 1.42. The number of hydrogen-bond acceptors (Lipinski definition) is 2. The summed E-state index contributed by atoms with van der Waals surface area (Å²) in [6.45, 7) is 1.77. The number of nitrogen functional groups attached to an aromatic ring is 1. The van der Waals surface area contributed by atoms with Crippen molar-refractivity contribution < 1.29 is 9.90 Å². The molecule has 0 aliphatic rings. The smallest absolute Gasteiger partial charge is 0.337 e. The fraction of sp³-hybridized carbons (Fsp3) is 0.125. The van der Waals surface area contributed by atoms with Gasteiger partial charge in [-0.25, -0.2) is 4.79 Å². The molecule has 0 spiro atoms. The Labute approximate surface area is 71.6 Å². The average molecular weight is 161 g/mol. The van der Waals surface area contributed by atoms with Crippen LogP contribution in [0.4, 0.5) is 5.69 Å². The van der Waals surface area contributed by atoms with E-state index in [4.69, 9.17) is 18.7 Å². The van der Waals surface area contributed by atoms with Crippen molar-refractivity contribution in [1.82, 2.24) is 0 Å². The van der Waals surface area contributed by atoms with Gasteiger partial charge in [0.1, 0.15) is 7.85 Å².